The lowest BCUT2D eigenvalue weighted by molar-refractivity contribution is 0.418. The third-order valence-corrected chi connectivity index (χ3v) is 5.52. The summed E-state index contributed by atoms with van der Waals surface area (Å²) in [6.07, 6.45) is 0. The van der Waals surface area contributed by atoms with E-state index >= 15 is 0 Å². The third kappa shape index (κ3) is 3.04. The first-order valence-corrected chi connectivity index (χ1v) is 7.38. The highest BCUT2D eigenvalue weighted by Gasteiger charge is 2.22. The molecule has 1 aromatic rings. The molecule has 0 radical (unpaired) electrons. The Bertz CT molecular complexity index is 437. The molecule has 0 unspecified atom stereocenters. The lowest BCUT2D eigenvalue weighted by Gasteiger charge is -2.17. The second-order valence-electron chi connectivity index (χ2n) is 4.10. The zero-order valence-corrected chi connectivity index (χ0v) is 11.4. The fraction of sp³-hybridized carbons (Fsp3) is 0.600. The normalized spacial score (nSPS) is 12.6. The van der Waals surface area contributed by atoms with Crippen molar-refractivity contribution in [3.8, 4) is 0 Å². The minimum atomic E-state index is -3.33. The Balaban J connectivity index is 2.92. The van der Waals surface area contributed by atoms with E-state index in [0.29, 0.717) is 23.2 Å². The van der Waals surface area contributed by atoms with E-state index in [4.69, 9.17) is 5.73 Å². The summed E-state index contributed by atoms with van der Waals surface area (Å²) in [5.41, 5.74) is 5.47. The van der Waals surface area contributed by atoms with Crippen LogP contribution in [0.2, 0.25) is 0 Å². The molecule has 4 nitrogen and oxygen atoms in total. The summed E-state index contributed by atoms with van der Waals surface area (Å²) >= 11 is 1.24. The highest BCUT2D eigenvalue weighted by Crippen LogP contribution is 2.24. The van der Waals surface area contributed by atoms with E-state index in [0.717, 1.165) is 4.88 Å². The van der Waals surface area contributed by atoms with Crippen LogP contribution in [0.3, 0.4) is 0 Å². The van der Waals surface area contributed by atoms with Crippen molar-refractivity contribution < 1.29 is 8.42 Å². The van der Waals surface area contributed by atoms with Crippen LogP contribution in [-0.2, 0) is 16.6 Å². The topological polar surface area (TPSA) is 63.4 Å². The highest BCUT2D eigenvalue weighted by molar-refractivity contribution is 7.91. The van der Waals surface area contributed by atoms with Crippen LogP contribution in [0.4, 0.5) is 0 Å². The maximum Gasteiger partial charge on any atom is 0.252 e. The Labute approximate surface area is 101 Å². The summed E-state index contributed by atoms with van der Waals surface area (Å²) < 4.78 is 25.9. The molecule has 1 heterocycles. The van der Waals surface area contributed by atoms with Gasteiger partial charge >= 0.3 is 0 Å². The molecule has 0 aliphatic rings. The molecule has 1 aromatic heterocycles. The minimum Gasteiger partial charge on any atom is -0.326 e. The monoisotopic (exact) mass is 262 g/mol. The summed E-state index contributed by atoms with van der Waals surface area (Å²) in [5, 5.41) is 0. The molecule has 0 fully saturated rings. The molecule has 0 saturated carbocycles. The summed E-state index contributed by atoms with van der Waals surface area (Å²) in [5.74, 6) is 0.314. The van der Waals surface area contributed by atoms with E-state index in [9.17, 15) is 8.42 Å². The maximum absolute atomic E-state index is 12.1. The Morgan fingerprint density at radius 2 is 2.06 bits per heavy atom. The molecule has 92 valence electrons. The third-order valence-electron chi connectivity index (χ3n) is 2.12. The number of nitrogens with two attached hydrogens (primary N) is 1. The van der Waals surface area contributed by atoms with Crippen molar-refractivity contribution in [2.24, 2.45) is 11.7 Å². The van der Waals surface area contributed by atoms with Gasteiger partial charge in [0.2, 0.25) is 0 Å². The number of sulfonamides is 1. The average Bonchev–Trinajstić information content (AvgIpc) is 2.65. The van der Waals surface area contributed by atoms with Gasteiger partial charge in [-0.3, -0.25) is 0 Å². The van der Waals surface area contributed by atoms with E-state index in [2.05, 4.69) is 0 Å². The second-order valence-corrected chi connectivity index (χ2v) is 7.54. The lowest BCUT2D eigenvalue weighted by atomic mass is 10.2. The van der Waals surface area contributed by atoms with E-state index in [1.54, 1.807) is 19.2 Å². The van der Waals surface area contributed by atoms with Gasteiger partial charge in [-0.2, -0.15) is 4.31 Å². The first kappa shape index (κ1) is 13.6. The predicted octanol–water partition coefficient (Wildman–Crippen LogP) is 1.48. The Hall–Kier alpha value is -0.430. The lowest BCUT2D eigenvalue weighted by Crippen LogP contribution is -2.29. The summed E-state index contributed by atoms with van der Waals surface area (Å²) in [6, 6.07) is 3.39. The van der Waals surface area contributed by atoms with Gasteiger partial charge in [0.15, 0.2) is 0 Å². The van der Waals surface area contributed by atoms with Crippen molar-refractivity contribution in [2.45, 2.75) is 24.6 Å². The molecule has 16 heavy (non-hydrogen) atoms. The molecule has 0 bridgehead atoms. The van der Waals surface area contributed by atoms with Crippen molar-refractivity contribution in [1.82, 2.24) is 4.31 Å². The molecule has 1 rings (SSSR count). The molecule has 0 saturated heterocycles. The minimum absolute atomic E-state index is 0.314. The van der Waals surface area contributed by atoms with Crippen LogP contribution in [0.15, 0.2) is 16.3 Å². The number of rotatable bonds is 5. The molecule has 0 amide bonds. The summed E-state index contributed by atoms with van der Waals surface area (Å²) in [4.78, 5) is 0.886. The Morgan fingerprint density at radius 3 is 2.50 bits per heavy atom. The summed E-state index contributed by atoms with van der Waals surface area (Å²) in [7, 11) is -1.72. The number of hydrogen-bond acceptors (Lipinski definition) is 4. The zero-order chi connectivity index (χ0) is 12.3. The largest absolute Gasteiger partial charge is 0.326 e. The van der Waals surface area contributed by atoms with Crippen LogP contribution in [0.1, 0.15) is 18.7 Å². The number of nitrogens with zero attached hydrogens (tertiary/aromatic N) is 1. The predicted molar refractivity (Wildman–Crippen MR) is 66.9 cm³/mol. The first-order valence-electron chi connectivity index (χ1n) is 5.13. The van der Waals surface area contributed by atoms with Gasteiger partial charge in [-0.1, -0.05) is 13.8 Å². The van der Waals surface area contributed by atoms with E-state index in [-0.39, 0.29) is 0 Å². The Morgan fingerprint density at radius 1 is 1.44 bits per heavy atom. The molecule has 2 N–H and O–H groups in total. The molecule has 0 aliphatic carbocycles. The van der Waals surface area contributed by atoms with Crippen molar-refractivity contribution in [1.29, 1.82) is 0 Å². The van der Waals surface area contributed by atoms with Crippen molar-refractivity contribution in [2.75, 3.05) is 13.6 Å². The zero-order valence-electron chi connectivity index (χ0n) is 9.80. The molecular weight excluding hydrogens is 244 g/mol. The van der Waals surface area contributed by atoms with E-state index in [1.165, 1.54) is 15.6 Å². The standard InChI is InChI=1S/C10H18N2O2S2/c1-8(2)7-12(3)16(13,14)10-5-4-9(6-11)15-10/h4-5,8H,6-7,11H2,1-3H3. The van der Waals surface area contributed by atoms with Crippen LogP contribution in [0.5, 0.6) is 0 Å². The fourth-order valence-electron chi connectivity index (χ4n) is 1.37. The van der Waals surface area contributed by atoms with Crippen LogP contribution in [-0.4, -0.2) is 26.3 Å². The van der Waals surface area contributed by atoms with Gasteiger partial charge in [-0.25, -0.2) is 8.42 Å². The molecular formula is C10H18N2O2S2. The Kier molecular flexibility index (Phi) is 4.49. The second kappa shape index (κ2) is 5.27. The molecule has 0 atom stereocenters. The van der Waals surface area contributed by atoms with Crippen LogP contribution in [0.25, 0.3) is 0 Å². The van der Waals surface area contributed by atoms with Crippen molar-refractivity contribution in [3.63, 3.8) is 0 Å². The van der Waals surface area contributed by atoms with Gasteiger partial charge in [-0.05, 0) is 18.1 Å². The first-order chi connectivity index (χ1) is 7.37. The van der Waals surface area contributed by atoms with Gasteiger partial charge < -0.3 is 5.73 Å². The highest BCUT2D eigenvalue weighted by atomic mass is 32.2. The van der Waals surface area contributed by atoms with Crippen LogP contribution in [0, 0.1) is 5.92 Å². The van der Waals surface area contributed by atoms with Gasteiger partial charge in [0.1, 0.15) is 4.21 Å². The average molecular weight is 262 g/mol. The van der Waals surface area contributed by atoms with Gasteiger partial charge in [0, 0.05) is 25.0 Å². The van der Waals surface area contributed by atoms with Crippen molar-refractivity contribution >= 4 is 21.4 Å². The SMILES string of the molecule is CC(C)CN(C)S(=O)(=O)c1ccc(CN)s1. The van der Waals surface area contributed by atoms with Crippen molar-refractivity contribution in [3.05, 3.63) is 17.0 Å². The van der Waals surface area contributed by atoms with Gasteiger partial charge in [0.25, 0.3) is 10.0 Å². The van der Waals surface area contributed by atoms with Gasteiger partial charge in [0.05, 0.1) is 0 Å². The molecule has 0 aromatic carbocycles. The smallest absolute Gasteiger partial charge is 0.252 e. The number of hydrogen-bond donors (Lipinski definition) is 1. The molecule has 0 spiro atoms. The fourth-order valence-corrected chi connectivity index (χ4v) is 4.15. The quantitative estimate of drug-likeness (QED) is 0.874. The van der Waals surface area contributed by atoms with Crippen LogP contribution >= 0.6 is 11.3 Å². The number of thiophene rings is 1. The molecule has 6 heteroatoms. The maximum atomic E-state index is 12.1. The van der Waals surface area contributed by atoms with Crippen LogP contribution < -0.4 is 5.73 Å². The van der Waals surface area contributed by atoms with E-state index < -0.39 is 10.0 Å². The van der Waals surface area contributed by atoms with Gasteiger partial charge in [-0.15, -0.1) is 11.3 Å². The van der Waals surface area contributed by atoms with E-state index in [1.807, 2.05) is 13.8 Å². The molecule has 0 aliphatic heterocycles. The summed E-state index contributed by atoms with van der Waals surface area (Å²) in [6.45, 7) is 4.89.